The fourth-order valence-electron chi connectivity index (χ4n) is 3.76. The van der Waals surface area contributed by atoms with E-state index in [0.717, 1.165) is 37.2 Å². The van der Waals surface area contributed by atoms with Crippen molar-refractivity contribution in [3.05, 3.63) is 64.7 Å². The summed E-state index contributed by atoms with van der Waals surface area (Å²) in [5, 5.41) is 13.5. The van der Waals surface area contributed by atoms with E-state index in [4.69, 9.17) is 11.6 Å². The molecule has 29 heavy (non-hydrogen) atoms. The van der Waals surface area contributed by atoms with Crippen LogP contribution in [0.3, 0.4) is 0 Å². The fourth-order valence-corrected chi connectivity index (χ4v) is 3.96. The molecule has 1 aliphatic heterocycles. The summed E-state index contributed by atoms with van der Waals surface area (Å²) in [6, 6.07) is 15.7. The van der Waals surface area contributed by atoms with Crippen molar-refractivity contribution in [3.8, 4) is 0 Å². The van der Waals surface area contributed by atoms with E-state index in [9.17, 15) is 9.90 Å². The van der Waals surface area contributed by atoms with Crippen LogP contribution in [0, 0.1) is 0 Å². The summed E-state index contributed by atoms with van der Waals surface area (Å²) in [4.78, 5) is 16.7. The van der Waals surface area contributed by atoms with E-state index in [0.29, 0.717) is 23.7 Å². The molecule has 0 aliphatic carbocycles. The summed E-state index contributed by atoms with van der Waals surface area (Å²) < 4.78 is 0. The SMILES string of the molecule is CCCNC(=O)c1ccc(N(C)C(CN2CCC(O)C2)c2cccc(Cl)c2)cc1. The summed E-state index contributed by atoms with van der Waals surface area (Å²) in [5.41, 5.74) is 2.82. The molecule has 156 valence electrons. The number of rotatable bonds is 8. The Morgan fingerprint density at radius 1 is 1.31 bits per heavy atom. The minimum absolute atomic E-state index is 0.0431. The van der Waals surface area contributed by atoms with E-state index in [1.807, 2.05) is 49.4 Å². The molecule has 5 nitrogen and oxygen atoms in total. The van der Waals surface area contributed by atoms with Gasteiger partial charge in [-0.15, -0.1) is 0 Å². The number of benzene rings is 2. The summed E-state index contributed by atoms with van der Waals surface area (Å²) in [5.74, 6) is -0.0431. The van der Waals surface area contributed by atoms with E-state index in [2.05, 4.69) is 28.2 Å². The van der Waals surface area contributed by atoms with Crippen LogP contribution in [0.25, 0.3) is 0 Å². The molecule has 1 saturated heterocycles. The zero-order chi connectivity index (χ0) is 20.8. The fraction of sp³-hybridized carbons (Fsp3) is 0.435. The predicted molar refractivity (Wildman–Crippen MR) is 119 cm³/mol. The molecule has 2 N–H and O–H groups in total. The highest BCUT2D eigenvalue weighted by Crippen LogP contribution is 2.29. The first-order valence-electron chi connectivity index (χ1n) is 10.2. The first-order valence-corrected chi connectivity index (χ1v) is 10.6. The van der Waals surface area contributed by atoms with Crippen molar-refractivity contribution in [2.24, 2.45) is 0 Å². The lowest BCUT2D eigenvalue weighted by molar-refractivity contribution is 0.0953. The lowest BCUT2D eigenvalue weighted by Crippen LogP contribution is -2.36. The van der Waals surface area contributed by atoms with Gasteiger partial charge in [0, 0.05) is 49.5 Å². The molecule has 1 aliphatic rings. The highest BCUT2D eigenvalue weighted by molar-refractivity contribution is 6.30. The topological polar surface area (TPSA) is 55.8 Å². The van der Waals surface area contributed by atoms with E-state index in [1.54, 1.807) is 0 Å². The third-order valence-corrected chi connectivity index (χ3v) is 5.69. The molecule has 0 aromatic heterocycles. The van der Waals surface area contributed by atoms with Crippen LogP contribution in [0.2, 0.25) is 5.02 Å². The monoisotopic (exact) mass is 415 g/mol. The van der Waals surface area contributed by atoms with Crippen molar-refractivity contribution in [1.82, 2.24) is 10.2 Å². The van der Waals surface area contributed by atoms with Crippen LogP contribution in [-0.4, -0.2) is 55.2 Å². The predicted octanol–water partition coefficient (Wildman–Crippen LogP) is 3.72. The minimum Gasteiger partial charge on any atom is -0.392 e. The molecule has 3 rings (SSSR count). The van der Waals surface area contributed by atoms with Gasteiger partial charge < -0.3 is 15.3 Å². The Hall–Kier alpha value is -2.08. The number of aliphatic hydroxyl groups is 1. The second-order valence-corrected chi connectivity index (χ2v) is 8.12. The molecule has 0 radical (unpaired) electrons. The standard InChI is InChI=1S/C23H30ClN3O2/c1-3-12-25-23(29)17-7-9-20(10-8-17)26(2)22(16-27-13-11-21(28)15-27)18-5-4-6-19(24)14-18/h4-10,14,21-22,28H,3,11-13,15-16H2,1-2H3,(H,25,29). The number of aliphatic hydroxyl groups excluding tert-OH is 1. The number of amides is 1. The minimum atomic E-state index is -0.249. The quantitative estimate of drug-likeness (QED) is 0.689. The number of likely N-dealkylation sites (N-methyl/N-ethyl adjacent to an activating group) is 1. The van der Waals surface area contributed by atoms with Crippen molar-refractivity contribution < 1.29 is 9.90 Å². The maximum atomic E-state index is 12.2. The van der Waals surface area contributed by atoms with Crippen LogP contribution in [0.15, 0.2) is 48.5 Å². The van der Waals surface area contributed by atoms with Gasteiger partial charge in [-0.25, -0.2) is 0 Å². The molecule has 1 heterocycles. The molecule has 0 saturated carbocycles. The van der Waals surface area contributed by atoms with Crippen molar-refractivity contribution in [3.63, 3.8) is 0 Å². The van der Waals surface area contributed by atoms with E-state index < -0.39 is 0 Å². The molecule has 2 aromatic rings. The molecular formula is C23H30ClN3O2. The first-order chi connectivity index (χ1) is 14.0. The Balaban J connectivity index is 1.80. The van der Waals surface area contributed by atoms with Crippen LogP contribution < -0.4 is 10.2 Å². The van der Waals surface area contributed by atoms with Crippen LogP contribution in [-0.2, 0) is 0 Å². The number of nitrogens with one attached hydrogen (secondary N) is 1. The number of hydrogen-bond donors (Lipinski definition) is 2. The molecule has 1 amide bonds. The third-order valence-electron chi connectivity index (χ3n) is 5.45. The van der Waals surface area contributed by atoms with Gasteiger partial charge in [-0.3, -0.25) is 9.69 Å². The maximum Gasteiger partial charge on any atom is 0.251 e. The zero-order valence-corrected chi connectivity index (χ0v) is 17.9. The molecule has 1 fully saturated rings. The smallest absolute Gasteiger partial charge is 0.251 e. The molecule has 2 unspecified atom stereocenters. The Bertz CT molecular complexity index is 812. The second-order valence-electron chi connectivity index (χ2n) is 7.69. The average molecular weight is 416 g/mol. The largest absolute Gasteiger partial charge is 0.392 e. The summed E-state index contributed by atoms with van der Waals surface area (Å²) >= 11 is 6.26. The van der Waals surface area contributed by atoms with Crippen LogP contribution in [0.1, 0.15) is 41.7 Å². The lowest BCUT2D eigenvalue weighted by atomic mass is 10.0. The van der Waals surface area contributed by atoms with Crippen molar-refractivity contribution >= 4 is 23.2 Å². The number of carbonyl (C=O) groups excluding carboxylic acids is 1. The maximum absolute atomic E-state index is 12.2. The van der Waals surface area contributed by atoms with Crippen molar-refractivity contribution in [2.45, 2.75) is 31.9 Å². The van der Waals surface area contributed by atoms with Crippen LogP contribution in [0.4, 0.5) is 5.69 Å². The molecule has 2 aromatic carbocycles. The van der Waals surface area contributed by atoms with Gasteiger partial charge in [-0.2, -0.15) is 0 Å². The number of nitrogens with zero attached hydrogens (tertiary/aromatic N) is 2. The van der Waals surface area contributed by atoms with E-state index in [1.165, 1.54) is 0 Å². The highest BCUT2D eigenvalue weighted by Gasteiger charge is 2.26. The Morgan fingerprint density at radius 3 is 2.69 bits per heavy atom. The van der Waals surface area contributed by atoms with Crippen molar-refractivity contribution in [2.75, 3.05) is 38.1 Å². The van der Waals surface area contributed by atoms with Gasteiger partial charge in [0.2, 0.25) is 0 Å². The Morgan fingerprint density at radius 2 is 2.07 bits per heavy atom. The lowest BCUT2D eigenvalue weighted by Gasteiger charge is -2.34. The van der Waals surface area contributed by atoms with Gasteiger partial charge in [0.1, 0.15) is 0 Å². The zero-order valence-electron chi connectivity index (χ0n) is 17.1. The molecule has 0 bridgehead atoms. The Kier molecular flexibility index (Phi) is 7.53. The second kappa shape index (κ2) is 10.1. The molecular weight excluding hydrogens is 386 g/mol. The number of hydrogen-bond acceptors (Lipinski definition) is 4. The Labute approximate surface area is 178 Å². The summed E-state index contributed by atoms with van der Waals surface area (Å²) in [7, 11) is 2.06. The van der Waals surface area contributed by atoms with E-state index >= 15 is 0 Å². The van der Waals surface area contributed by atoms with Gasteiger partial charge in [0.05, 0.1) is 12.1 Å². The van der Waals surface area contributed by atoms with Crippen LogP contribution >= 0.6 is 11.6 Å². The van der Waals surface area contributed by atoms with Crippen molar-refractivity contribution in [1.29, 1.82) is 0 Å². The van der Waals surface area contributed by atoms with Gasteiger partial charge in [-0.1, -0.05) is 30.7 Å². The number of carbonyl (C=O) groups is 1. The van der Waals surface area contributed by atoms with Crippen LogP contribution in [0.5, 0.6) is 0 Å². The average Bonchev–Trinajstić information content (AvgIpc) is 3.14. The normalized spacial score (nSPS) is 17.9. The number of halogens is 1. The first kappa shape index (κ1) is 21.6. The van der Waals surface area contributed by atoms with Gasteiger partial charge >= 0.3 is 0 Å². The number of likely N-dealkylation sites (tertiary alicyclic amines) is 1. The molecule has 2 atom stereocenters. The number of anilines is 1. The van der Waals surface area contributed by atoms with Gasteiger partial charge in [0.15, 0.2) is 0 Å². The molecule has 0 spiro atoms. The number of β-amino-alcohol motifs (C(OH)–C–C–N with tert-alkyl or cyclic N) is 1. The third kappa shape index (κ3) is 5.72. The summed E-state index contributed by atoms with van der Waals surface area (Å²) in [6.45, 7) is 5.10. The highest BCUT2D eigenvalue weighted by atomic mass is 35.5. The van der Waals surface area contributed by atoms with E-state index in [-0.39, 0.29) is 18.1 Å². The molecule has 6 heteroatoms. The van der Waals surface area contributed by atoms with Gasteiger partial charge in [0.25, 0.3) is 5.91 Å². The summed E-state index contributed by atoms with van der Waals surface area (Å²) in [6.07, 6.45) is 1.48. The van der Waals surface area contributed by atoms with Gasteiger partial charge in [-0.05, 0) is 54.8 Å².